The molecule has 0 saturated heterocycles. The first-order chi connectivity index (χ1) is 6.11. The Kier molecular flexibility index (Phi) is 7.09. The lowest BCUT2D eigenvalue weighted by Gasteiger charge is -2.24. The summed E-state index contributed by atoms with van der Waals surface area (Å²) in [4.78, 5) is 13.1. The van der Waals surface area contributed by atoms with Gasteiger partial charge in [-0.1, -0.05) is 0 Å². The van der Waals surface area contributed by atoms with E-state index < -0.39 is 0 Å². The molecule has 4 heteroatoms. The molecule has 13 heavy (non-hydrogen) atoms. The molecule has 0 amide bonds. The average Bonchev–Trinajstić information content (AvgIpc) is 2.11. The van der Waals surface area contributed by atoms with Gasteiger partial charge in [0.25, 0.3) is 0 Å². The number of carbonyl (C=O) groups excluding carboxylic acids is 1. The van der Waals surface area contributed by atoms with Crippen molar-refractivity contribution in [1.29, 1.82) is 0 Å². The summed E-state index contributed by atoms with van der Waals surface area (Å²) in [5.74, 6) is 0.893. The zero-order valence-electron chi connectivity index (χ0n) is 8.87. The summed E-state index contributed by atoms with van der Waals surface area (Å²) in [5.41, 5.74) is 0. The van der Waals surface area contributed by atoms with Gasteiger partial charge in [0, 0.05) is 18.3 Å². The Morgan fingerprint density at radius 2 is 2.15 bits per heavy atom. The minimum atomic E-state index is -0.158. The highest BCUT2D eigenvalue weighted by molar-refractivity contribution is 7.98. The van der Waals surface area contributed by atoms with Crippen molar-refractivity contribution in [2.24, 2.45) is 0 Å². The number of thioether (sulfide) groups is 1. The smallest absolute Gasteiger partial charge is 0.319 e. The van der Waals surface area contributed by atoms with Crippen LogP contribution in [0.5, 0.6) is 0 Å². The highest BCUT2D eigenvalue weighted by Crippen LogP contribution is 2.01. The Hall–Kier alpha value is -0.220. The van der Waals surface area contributed by atoms with Crippen LogP contribution >= 0.6 is 11.8 Å². The summed E-state index contributed by atoms with van der Waals surface area (Å²) >= 11 is 1.79. The number of carbonyl (C=O) groups is 1. The van der Waals surface area contributed by atoms with Gasteiger partial charge in [0.1, 0.15) is 0 Å². The van der Waals surface area contributed by atoms with Crippen LogP contribution in [-0.4, -0.2) is 49.1 Å². The third-order valence-electron chi connectivity index (χ3n) is 1.87. The third-order valence-corrected chi connectivity index (χ3v) is 2.46. The topological polar surface area (TPSA) is 29.5 Å². The summed E-state index contributed by atoms with van der Waals surface area (Å²) in [6.45, 7) is 5.51. The van der Waals surface area contributed by atoms with Crippen molar-refractivity contribution in [2.45, 2.75) is 19.9 Å². The molecule has 0 atom stereocenters. The van der Waals surface area contributed by atoms with Gasteiger partial charge in [0.15, 0.2) is 0 Å². The molecular formula is C9H19NO2S. The fourth-order valence-electron chi connectivity index (χ4n) is 0.959. The van der Waals surface area contributed by atoms with Crippen LogP contribution in [-0.2, 0) is 9.53 Å². The third kappa shape index (κ3) is 5.93. The van der Waals surface area contributed by atoms with Crippen LogP contribution in [0.25, 0.3) is 0 Å². The summed E-state index contributed by atoms with van der Waals surface area (Å²) in [6, 6.07) is 0.395. The normalized spacial score (nSPS) is 10.9. The second-order valence-electron chi connectivity index (χ2n) is 3.13. The van der Waals surface area contributed by atoms with Gasteiger partial charge in [-0.25, -0.2) is 0 Å². The number of rotatable bonds is 6. The number of methoxy groups -OCH3 is 1. The second-order valence-corrected chi connectivity index (χ2v) is 4.12. The largest absolute Gasteiger partial charge is 0.468 e. The maximum atomic E-state index is 11.0. The monoisotopic (exact) mass is 205 g/mol. The maximum Gasteiger partial charge on any atom is 0.319 e. The van der Waals surface area contributed by atoms with Crippen LogP contribution in [0, 0.1) is 0 Å². The van der Waals surface area contributed by atoms with Gasteiger partial charge in [-0.05, 0) is 20.1 Å². The zero-order chi connectivity index (χ0) is 10.3. The van der Waals surface area contributed by atoms with Gasteiger partial charge < -0.3 is 4.74 Å². The van der Waals surface area contributed by atoms with E-state index in [0.717, 1.165) is 12.3 Å². The molecule has 0 N–H and O–H groups in total. The molecule has 3 nitrogen and oxygen atoms in total. The lowest BCUT2D eigenvalue weighted by molar-refractivity contribution is -0.142. The van der Waals surface area contributed by atoms with E-state index in [0.29, 0.717) is 12.6 Å². The van der Waals surface area contributed by atoms with Gasteiger partial charge in [0.05, 0.1) is 13.7 Å². The molecule has 0 fully saturated rings. The minimum absolute atomic E-state index is 0.158. The number of hydrogen-bond acceptors (Lipinski definition) is 4. The summed E-state index contributed by atoms with van der Waals surface area (Å²) in [7, 11) is 1.43. The van der Waals surface area contributed by atoms with Gasteiger partial charge in [0.2, 0.25) is 0 Å². The molecule has 0 aliphatic carbocycles. The van der Waals surface area contributed by atoms with Crippen molar-refractivity contribution in [3.05, 3.63) is 0 Å². The van der Waals surface area contributed by atoms with Crippen LogP contribution in [0.15, 0.2) is 0 Å². The Morgan fingerprint density at radius 1 is 1.54 bits per heavy atom. The van der Waals surface area contributed by atoms with E-state index in [1.54, 1.807) is 11.8 Å². The van der Waals surface area contributed by atoms with Crippen molar-refractivity contribution in [3.63, 3.8) is 0 Å². The molecule has 0 rings (SSSR count). The van der Waals surface area contributed by atoms with Gasteiger partial charge in [-0.3, -0.25) is 9.69 Å². The Morgan fingerprint density at radius 3 is 2.54 bits per heavy atom. The van der Waals surface area contributed by atoms with Crippen molar-refractivity contribution < 1.29 is 9.53 Å². The SMILES string of the molecule is COC(=O)CN(CCSC)C(C)C. The zero-order valence-corrected chi connectivity index (χ0v) is 9.69. The highest BCUT2D eigenvalue weighted by Gasteiger charge is 2.13. The molecule has 0 heterocycles. The average molecular weight is 205 g/mol. The van der Waals surface area contributed by atoms with E-state index in [4.69, 9.17) is 0 Å². The predicted molar refractivity (Wildman–Crippen MR) is 57.1 cm³/mol. The maximum absolute atomic E-state index is 11.0. The molecule has 0 aromatic carbocycles. The molecule has 78 valence electrons. The van der Waals surface area contributed by atoms with Crippen LogP contribution in [0.4, 0.5) is 0 Å². The van der Waals surface area contributed by atoms with Crippen molar-refractivity contribution >= 4 is 17.7 Å². The molecule has 0 aliphatic heterocycles. The highest BCUT2D eigenvalue weighted by atomic mass is 32.2. The number of ether oxygens (including phenoxy) is 1. The van der Waals surface area contributed by atoms with E-state index in [1.165, 1.54) is 7.11 Å². The van der Waals surface area contributed by atoms with Crippen LogP contribution in [0.3, 0.4) is 0 Å². The van der Waals surface area contributed by atoms with Gasteiger partial charge >= 0.3 is 5.97 Å². The van der Waals surface area contributed by atoms with Gasteiger partial charge in [-0.15, -0.1) is 0 Å². The van der Waals surface area contributed by atoms with Gasteiger partial charge in [-0.2, -0.15) is 11.8 Å². The second kappa shape index (κ2) is 7.21. The summed E-state index contributed by atoms with van der Waals surface area (Å²) in [6.07, 6.45) is 2.07. The van der Waals surface area contributed by atoms with Crippen molar-refractivity contribution in [3.8, 4) is 0 Å². The first kappa shape index (κ1) is 12.8. The molecule has 0 aromatic rings. The Bertz CT molecular complexity index is 151. The Labute approximate surface area is 84.8 Å². The first-order valence-corrected chi connectivity index (χ1v) is 5.81. The lowest BCUT2D eigenvalue weighted by atomic mass is 10.3. The molecule has 0 saturated carbocycles. The van der Waals surface area contributed by atoms with E-state index in [9.17, 15) is 4.79 Å². The quantitative estimate of drug-likeness (QED) is 0.610. The van der Waals surface area contributed by atoms with E-state index in [-0.39, 0.29) is 5.97 Å². The molecule has 0 aliphatic rings. The van der Waals surface area contributed by atoms with E-state index >= 15 is 0 Å². The molecule has 0 bridgehead atoms. The van der Waals surface area contributed by atoms with E-state index in [1.807, 2.05) is 0 Å². The van der Waals surface area contributed by atoms with E-state index in [2.05, 4.69) is 29.7 Å². The minimum Gasteiger partial charge on any atom is -0.468 e. The summed E-state index contributed by atoms with van der Waals surface area (Å²) in [5, 5.41) is 0. The summed E-state index contributed by atoms with van der Waals surface area (Å²) < 4.78 is 4.62. The standard InChI is InChI=1S/C9H19NO2S/c1-8(2)10(5-6-13-4)7-9(11)12-3/h8H,5-7H2,1-4H3. The molecule has 0 radical (unpaired) electrons. The van der Waals surface area contributed by atoms with Crippen LogP contribution < -0.4 is 0 Å². The van der Waals surface area contributed by atoms with Crippen molar-refractivity contribution in [2.75, 3.05) is 32.2 Å². The first-order valence-electron chi connectivity index (χ1n) is 4.41. The fourth-order valence-corrected chi connectivity index (χ4v) is 1.38. The lowest BCUT2D eigenvalue weighted by Crippen LogP contribution is -2.37. The van der Waals surface area contributed by atoms with Crippen molar-refractivity contribution in [1.82, 2.24) is 4.90 Å². The van der Waals surface area contributed by atoms with Crippen LogP contribution in [0.1, 0.15) is 13.8 Å². The number of hydrogen-bond donors (Lipinski definition) is 0. The molecule has 0 aromatic heterocycles. The molecular weight excluding hydrogens is 186 g/mol. The molecule has 0 unspecified atom stereocenters. The fraction of sp³-hybridized carbons (Fsp3) is 0.889. The van der Waals surface area contributed by atoms with Crippen LogP contribution in [0.2, 0.25) is 0 Å². The predicted octanol–water partition coefficient (Wildman–Crippen LogP) is 1.23. The number of nitrogens with zero attached hydrogens (tertiary/aromatic N) is 1. The number of esters is 1. The molecule has 0 spiro atoms. The Balaban J connectivity index is 3.87.